The number of sulfone groups is 1. The van der Waals surface area contributed by atoms with E-state index in [2.05, 4.69) is 17.1 Å². The zero-order valence-electron chi connectivity index (χ0n) is 15.3. The first kappa shape index (κ1) is 18.0. The van der Waals surface area contributed by atoms with Crippen LogP contribution < -0.4 is 4.90 Å². The molecule has 1 aromatic heterocycles. The summed E-state index contributed by atoms with van der Waals surface area (Å²) in [5.74, 6) is 0.349. The number of hydrogen-bond acceptors (Lipinski definition) is 5. The van der Waals surface area contributed by atoms with Crippen molar-refractivity contribution in [3.8, 4) is 0 Å². The van der Waals surface area contributed by atoms with Gasteiger partial charge in [-0.1, -0.05) is 24.3 Å². The van der Waals surface area contributed by atoms with E-state index >= 15 is 0 Å². The molecule has 0 saturated carbocycles. The number of rotatable bonds is 3. The molecule has 7 heteroatoms. The van der Waals surface area contributed by atoms with Crippen LogP contribution in [-0.4, -0.2) is 55.3 Å². The van der Waals surface area contributed by atoms with Crippen LogP contribution in [0.1, 0.15) is 28.0 Å². The van der Waals surface area contributed by atoms with Crippen LogP contribution in [0.25, 0.3) is 0 Å². The van der Waals surface area contributed by atoms with Crippen LogP contribution in [0.5, 0.6) is 0 Å². The van der Waals surface area contributed by atoms with E-state index in [4.69, 9.17) is 0 Å². The van der Waals surface area contributed by atoms with Crippen molar-refractivity contribution < 1.29 is 13.2 Å². The number of carbonyl (C=O) groups excluding carboxylic acids is 1. The molecule has 0 N–H and O–H groups in total. The number of anilines is 1. The third kappa shape index (κ3) is 3.69. The highest BCUT2D eigenvalue weighted by Crippen LogP contribution is 2.24. The van der Waals surface area contributed by atoms with E-state index in [9.17, 15) is 13.2 Å². The Balaban J connectivity index is 1.45. The fourth-order valence-corrected chi connectivity index (χ4v) is 5.62. The summed E-state index contributed by atoms with van der Waals surface area (Å²) >= 11 is 0. The second-order valence-electron chi connectivity index (χ2n) is 7.31. The molecule has 1 unspecified atom stereocenters. The smallest absolute Gasteiger partial charge is 0.272 e. The number of aromatic nitrogens is 1. The Morgan fingerprint density at radius 2 is 1.96 bits per heavy atom. The summed E-state index contributed by atoms with van der Waals surface area (Å²) in [6.07, 6.45) is 3.15. The fraction of sp³-hybridized carbons (Fsp3) is 0.400. The summed E-state index contributed by atoms with van der Waals surface area (Å²) in [5, 5.41) is 0. The summed E-state index contributed by atoms with van der Waals surface area (Å²) in [4.78, 5) is 20.9. The van der Waals surface area contributed by atoms with Crippen molar-refractivity contribution in [1.82, 2.24) is 9.88 Å². The van der Waals surface area contributed by atoms with Crippen LogP contribution >= 0.6 is 0 Å². The molecule has 2 aromatic rings. The highest BCUT2D eigenvalue weighted by Gasteiger charge is 2.31. The zero-order valence-corrected chi connectivity index (χ0v) is 16.2. The van der Waals surface area contributed by atoms with Gasteiger partial charge in [-0.25, -0.2) is 13.4 Å². The van der Waals surface area contributed by atoms with Crippen LogP contribution in [0.2, 0.25) is 0 Å². The van der Waals surface area contributed by atoms with E-state index in [1.165, 1.54) is 11.1 Å². The summed E-state index contributed by atoms with van der Waals surface area (Å²) in [5.41, 5.74) is 3.75. The van der Waals surface area contributed by atoms with Gasteiger partial charge in [0.25, 0.3) is 5.91 Å². The lowest BCUT2D eigenvalue weighted by Crippen LogP contribution is -2.36. The molecule has 0 spiro atoms. The molecule has 2 aliphatic rings. The number of pyridine rings is 1. The van der Waals surface area contributed by atoms with Crippen LogP contribution in [-0.2, 0) is 22.8 Å². The number of hydrogen-bond donors (Lipinski definition) is 0. The third-order valence-electron chi connectivity index (χ3n) is 5.55. The second-order valence-corrected chi connectivity index (χ2v) is 9.54. The van der Waals surface area contributed by atoms with E-state index in [0.29, 0.717) is 25.2 Å². The van der Waals surface area contributed by atoms with Gasteiger partial charge in [-0.2, -0.15) is 0 Å². The van der Waals surface area contributed by atoms with E-state index < -0.39 is 9.84 Å². The molecule has 142 valence electrons. The second kappa shape index (κ2) is 6.96. The number of nitrogens with zero attached hydrogens (tertiary/aromatic N) is 3. The average Bonchev–Trinajstić information content (AvgIpc) is 3.06. The largest absolute Gasteiger partial charge is 0.369 e. The number of benzene rings is 1. The third-order valence-corrected chi connectivity index (χ3v) is 7.30. The molecule has 0 radical (unpaired) electrons. The Hall–Kier alpha value is -2.41. The van der Waals surface area contributed by atoms with Gasteiger partial charge >= 0.3 is 0 Å². The van der Waals surface area contributed by atoms with Gasteiger partial charge in [0.15, 0.2) is 9.84 Å². The van der Waals surface area contributed by atoms with Crippen molar-refractivity contribution >= 4 is 21.4 Å². The highest BCUT2D eigenvalue weighted by atomic mass is 32.2. The van der Waals surface area contributed by atoms with Crippen molar-refractivity contribution in [2.45, 2.75) is 25.4 Å². The molecule has 6 nitrogen and oxygen atoms in total. The topological polar surface area (TPSA) is 70.6 Å². The van der Waals surface area contributed by atoms with E-state index in [1.807, 2.05) is 35.0 Å². The van der Waals surface area contributed by atoms with Crippen molar-refractivity contribution in [3.63, 3.8) is 0 Å². The highest BCUT2D eigenvalue weighted by molar-refractivity contribution is 7.91. The molecule has 1 saturated heterocycles. The summed E-state index contributed by atoms with van der Waals surface area (Å²) in [7, 11) is -1.05. The van der Waals surface area contributed by atoms with E-state index in [0.717, 1.165) is 12.1 Å². The Bertz CT molecular complexity index is 957. The Morgan fingerprint density at radius 1 is 1.19 bits per heavy atom. The van der Waals surface area contributed by atoms with Gasteiger partial charge in [0.05, 0.1) is 23.4 Å². The van der Waals surface area contributed by atoms with Crippen molar-refractivity contribution in [2.75, 3.05) is 30.0 Å². The van der Waals surface area contributed by atoms with Gasteiger partial charge in [-0.3, -0.25) is 4.79 Å². The van der Waals surface area contributed by atoms with E-state index in [1.54, 1.807) is 12.3 Å². The first-order valence-corrected chi connectivity index (χ1v) is 11.0. The normalized spacial score (nSPS) is 20.9. The molecule has 2 aliphatic heterocycles. The number of amides is 1. The van der Waals surface area contributed by atoms with Gasteiger partial charge in [0.2, 0.25) is 0 Å². The SMILES string of the molecule is CN(c1ccc(C(=O)N2CCc3ccccc3C2)nc1)C1CCS(=O)(=O)C1. The van der Waals surface area contributed by atoms with Gasteiger partial charge < -0.3 is 9.80 Å². The minimum Gasteiger partial charge on any atom is -0.369 e. The quantitative estimate of drug-likeness (QED) is 0.807. The van der Waals surface area contributed by atoms with Crippen LogP contribution in [0.4, 0.5) is 5.69 Å². The Morgan fingerprint density at radius 3 is 2.63 bits per heavy atom. The molecule has 0 aliphatic carbocycles. The molecule has 27 heavy (non-hydrogen) atoms. The first-order valence-electron chi connectivity index (χ1n) is 9.18. The van der Waals surface area contributed by atoms with Gasteiger partial charge in [-0.15, -0.1) is 0 Å². The lowest BCUT2D eigenvalue weighted by molar-refractivity contribution is 0.0729. The maximum Gasteiger partial charge on any atom is 0.272 e. The molecule has 1 atom stereocenters. The summed E-state index contributed by atoms with van der Waals surface area (Å²) < 4.78 is 23.4. The monoisotopic (exact) mass is 385 g/mol. The standard InChI is InChI=1S/C20H23N3O3S/c1-22(18-9-11-27(25,26)14-18)17-6-7-19(21-12-17)20(24)23-10-8-15-4-2-3-5-16(15)13-23/h2-7,12,18H,8-11,13-14H2,1H3. The number of carbonyl (C=O) groups is 1. The number of fused-ring (bicyclic) bond motifs is 1. The zero-order chi connectivity index (χ0) is 19.0. The average molecular weight is 385 g/mol. The first-order chi connectivity index (χ1) is 12.9. The van der Waals surface area contributed by atoms with Crippen LogP contribution in [0, 0.1) is 0 Å². The molecule has 0 bridgehead atoms. The lowest BCUT2D eigenvalue weighted by Gasteiger charge is -2.29. The van der Waals surface area contributed by atoms with Gasteiger partial charge in [0, 0.05) is 26.2 Å². The van der Waals surface area contributed by atoms with Gasteiger partial charge in [0.1, 0.15) is 5.69 Å². The van der Waals surface area contributed by atoms with Crippen molar-refractivity contribution in [2.24, 2.45) is 0 Å². The lowest BCUT2D eigenvalue weighted by atomic mass is 10.00. The molecule has 1 aromatic carbocycles. The predicted octanol–water partition coefficient (Wildman–Crippen LogP) is 1.90. The predicted molar refractivity (Wildman–Crippen MR) is 105 cm³/mol. The van der Waals surface area contributed by atoms with Crippen LogP contribution in [0.3, 0.4) is 0 Å². The molecular weight excluding hydrogens is 362 g/mol. The minimum atomic E-state index is -2.93. The summed E-state index contributed by atoms with van der Waals surface area (Å²) in [6.45, 7) is 1.30. The van der Waals surface area contributed by atoms with Crippen LogP contribution in [0.15, 0.2) is 42.6 Å². The fourth-order valence-electron chi connectivity index (χ4n) is 3.84. The van der Waals surface area contributed by atoms with E-state index in [-0.39, 0.29) is 23.5 Å². The minimum absolute atomic E-state index is 0.0306. The maximum absolute atomic E-state index is 12.8. The van der Waals surface area contributed by atoms with Crippen molar-refractivity contribution in [1.29, 1.82) is 0 Å². The molecule has 1 amide bonds. The molecule has 1 fully saturated rings. The van der Waals surface area contributed by atoms with Gasteiger partial charge in [-0.05, 0) is 36.1 Å². The molecule has 4 rings (SSSR count). The summed E-state index contributed by atoms with van der Waals surface area (Å²) in [6, 6.07) is 11.8. The molecular formula is C20H23N3O3S. The maximum atomic E-state index is 12.8. The molecule has 3 heterocycles. The van der Waals surface area contributed by atoms with Crippen molar-refractivity contribution in [3.05, 3.63) is 59.4 Å². The Labute approximate surface area is 159 Å². The Kier molecular flexibility index (Phi) is 4.63.